The van der Waals surface area contributed by atoms with Crippen LogP contribution in [0.3, 0.4) is 0 Å². The zero-order valence-corrected chi connectivity index (χ0v) is 30.1. The Morgan fingerprint density at radius 1 is 0.681 bits per heavy atom. The van der Waals surface area contributed by atoms with Crippen LogP contribution < -0.4 is 0 Å². The van der Waals surface area contributed by atoms with Crippen molar-refractivity contribution >= 4 is 28.3 Å². The van der Waals surface area contributed by atoms with Crippen molar-refractivity contribution in [3.63, 3.8) is 0 Å². The van der Waals surface area contributed by atoms with Gasteiger partial charge in [-0.1, -0.05) is 108 Å². The lowest BCUT2D eigenvalue weighted by atomic mass is 9.56. The number of hydrogen-bond acceptors (Lipinski definition) is 2. The second kappa shape index (κ2) is 12.5. The molecule has 4 heteroatoms. The van der Waals surface area contributed by atoms with E-state index in [-0.39, 0.29) is 19.0 Å². The Morgan fingerprint density at radius 3 is 1.70 bits per heavy atom. The van der Waals surface area contributed by atoms with Gasteiger partial charge in [-0.2, -0.15) is 0 Å². The second-order valence-corrected chi connectivity index (χ2v) is 19.9. The quantitative estimate of drug-likeness (QED) is 0.177. The van der Waals surface area contributed by atoms with Crippen molar-refractivity contribution in [1.29, 1.82) is 0 Å². The summed E-state index contributed by atoms with van der Waals surface area (Å²) in [7, 11) is 3.06. The molecular formula is C43H48N2P2. The number of hydrogen-bond donors (Lipinski definition) is 0. The lowest BCUT2D eigenvalue weighted by molar-refractivity contribution is 0.0242. The molecule has 47 heavy (non-hydrogen) atoms. The van der Waals surface area contributed by atoms with E-state index in [1.165, 1.54) is 77.2 Å². The van der Waals surface area contributed by atoms with Gasteiger partial charge in [-0.3, -0.25) is 9.97 Å². The summed E-state index contributed by atoms with van der Waals surface area (Å²) >= 11 is 0. The summed E-state index contributed by atoms with van der Waals surface area (Å²) < 4.78 is 0. The van der Waals surface area contributed by atoms with Crippen LogP contribution in [0, 0.1) is 29.6 Å². The second-order valence-electron chi connectivity index (χ2n) is 15.7. The third kappa shape index (κ3) is 5.69. The van der Waals surface area contributed by atoms with Crippen molar-refractivity contribution in [2.24, 2.45) is 29.6 Å². The lowest BCUT2D eigenvalue weighted by Gasteiger charge is -2.59. The first kappa shape index (κ1) is 31.4. The van der Waals surface area contributed by atoms with Gasteiger partial charge in [0.25, 0.3) is 0 Å². The van der Waals surface area contributed by atoms with Crippen LogP contribution in [0.4, 0.5) is 0 Å². The fourth-order valence-electron chi connectivity index (χ4n) is 10.2. The molecule has 0 amide bonds. The van der Waals surface area contributed by atoms with E-state index >= 15 is 0 Å². The minimum Gasteiger partial charge on any atom is -0.264 e. The number of nitrogens with zero attached hydrogens (tertiary/aromatic N) is 2. The van der Waals surface area contributed by atoms with Crippen molar-refractivity contribution in [3.8, 4) is 0 Å². The first-order chi connectivity index (χ1) is 22.8. The van der Waals surface area contributed by atoms with Gasteiger partial charge < -0.3 is 0 Å². The van der Waals surface area contributed by atoms with E-state index in [0.29, 0.717) is 0 Å². The highest BCUT2D eigenvalue weighted by molar-refractivity contribution is 7.60. The van der Waals surface area contributed by atoms with E-state index in [1.54, 1.807) is 0 Å². The van der Waals surface area contributed by atoms with Crippen LogP contribution in [0.1, 0.15) is 75.1 Å². The van der Waals surface area contributed by atoms with Gasteiger partial charge in [-0.15, -0.1) is 9.24 Å². The van der Waals surface area contributed by atoms with Crippen molar-refractivity contribution in [2.75, 3.05) is 6.16 Å². The van der Waals surface area contributed by atoms with Crippen molar-refractivity contribution in [1.82, 2.24) is 9.97 Å². The number of pyridine rings is 2. The Bertz CT molecular complexity index is 1690. The molecule has 5 aliphatic rings. The van der Waals surface area contributed by atoms with Gasteiger partial charge in [0, 0.05) is 30.7 Å². The number of allylic oxidation sites excluding steroid dienone is 4. The molecule has 2 nitrogen and oxygen atoms in total. The maximum Gasteiger partial charge on any atom is 0.0591 e. The number of rotatable bonds is 8. The summed E-state index contributed by atoms with van der Waals surface area (Å²) in [5.41, 5.74) is 10.2. The van der Waals surface area contributed by atoms with Crippen molar-refractivity contribution in [3.05, 3.63) is 144 Å². The zero-order chi connectivity index (χ0) is 32.2. The fraction of sp³-hybridized carbons (Fsp3) is 0.395. The highest BCUT2D eigenvalue weighted by Gasteiger charge is 2.54. The van der Waals surface area contributed by atoms with Crippen LogP contribution in [0.25, 0.3) is 11.1 Å². The molecule has 5 aliphatic carbocycles. The fourth-order valence-corrected chi connectivity index (χ4v) is 14.8. The van der Waals surface area contributed by atoms with Gasteiger partial charge in [-0.25, -0.2) is 0 Å². The SMILES string of the molecule is CC(C)(C)P(CC1C(C(P)(c2cccnc2)c2cccnc2)=CC(c2ccccc2)=C1c1ccccc1)C1C2CC3CC(C2)CC1C3. The molecule has 0 saturated heterocycles. The molecule has 0 spiro atoms. The molecule has 240 valence electrons. The predicted octanol–water partition coefficient (Wildman–Crippen LogP) is 10.9. The standard InChI is InChI=1S/C43H48N2P2/c1-42(2,3)47(41-33-21-29-20-30(23-33)24-34(41)22-29)28-38-39(43(46,35-16-10-18-44-26-35)36-17-11-19-45-27-36)25-37(31-12-6-4-7-13-31)40(38)32-14-8-5-9-15-32/h4-19,25-27,29-30,33-34,38,41H,20-24,28,46H2,1-3H3. The highest BCUT2D eigenvalue weighted by atomic mass is 31.1. The normalized spacial score (nSPS) is 27.6. The maximum atomic E-state index is 4.68. The minimum absolute atomic E-state index is 0.268. The highest BCUT2D eigenvalue weighted by Crippen LogP contribution is 2.70. The number of benzene rings is 2. The lowest BCUT2D eigenvalue weighted by Crippen LogP contribution is -2.49. The minimum atomic E-state index is -0.466. The van der Waals surface area contributed by atoms with E-state index in [0.717, 1.165) is 29.3 Å². The third-order valence-electron chi connectivity index (χ3n) is 12.0. The molecule has 4 fully saturated rings. The molecule has 0 aliphatic heterocycles. The molecule has 4 aromatic rings. The van der Waals surface area contributed by atoms with Crippen LogP contribution in [0.15, 0.2) is 121 Å². The van der Waals surface area contributed by atoms with E-state index in [1.807, 2.05) is 12.4 Å². The summed E-state index contributed by atoms with van der Waals surface area (Å²) in [5.74, 6) is 4.09. The molecule has 0 radical (unpaired) electrons. The van der Waals surface area contributed by atoms with Gasteiger partial charge in [0.05, 0.1) is 5.16 Å². The Kier molecular flexibility index (Phi) is 8.35. The van der Waals surface area contributed by atoms with Crippen molar-refractivity contribution < 1.29 is 0 Å². The monoisotopic (exact) mass is 654 g/mol. The Morgan fingerprint density at radius 2 is 1.21 bits per heavy atom. The third-order valence-corrected chi connectivity index (χ3v) is 17.0. The average Bonchev–Trinajstić information content (AvgIpc) is 3.48. The summed E-state index contributed by atoms with van der Waals surface area (Å²) in [6, 6.07) is 31.1. The first-order valence-corrected chi connectivity index (χ1v) is 19.9. The average molecular weight is 655 g/mol. The summed E-state index contributed by atoms with van der Waals surface area (Å²) in [6.45, 7) is 7.72. The Hall–Kier alpha value is -2.92. The van der Waals surface area contributed by atoms with Gasteiger partial charge in [0.15, 0.2) is 0 Å². The topological polar surface area (TPSA) is 25.8 Å². The summed E-state index contributed by atoms with van der Waals surface area (Å²) in [5, 5.41) is -0.198. The summed E-state index contributed by atoms with van der Waals surface area (Å²) in [6.07, 6.45) is 19.2. The Labute approximate surface area is 285 Å². The first-order valence-electron chi connectivity index (χ1n) is 17.7. The Balaban J connectivity index is 1.34. The van der Waals surface area contributed by atoms with Gasteiger partial charge in [0.1, 0.15) is 0 Å². The van der Waals surface area contributed by atoms with Crippen LogP contribution in [0.5, 0.6) is 0 Å². The van der Waals surface area contributed by atoms with E-state index in [9.17, 15) is 0 Å². The predicted molar refractivity (Wildman–Crippen MR) is 203 cm³/mol. The van der Waals surface area contributed by atoms with Crippen LogP contribution in [-0.4, -0.2) is 26.9 Å². The van der Waals surface area contributed by atoms with Gasteiger partial charge >= 0.3 is 0 Å². The van der Waals surface area contributed by atoms with Gasteiger partial charge in [0.2, 0.25) is 0 Å². The zero-order valence-electron chi connectivity index (χ0n) is 28.1. The molecule has 9 rings (SSSR count). The molecule has 0 N–H and O–H groups in total. The maximum absolute atomic E-state index is 4.68. The molecule has 3 atom stereocenters. The molecule has 2 aromatic carbocycles. The van der Waals surface area contributed by atoms with Crippen molar-refractivity contribution in [2.45, 2.75) is 68.8 Å². The van der Waals surface area contributed by atoms with Gasteiger partial charge in [-0.05, 0) is 124 Å². The molecule has 2 aromatic heterocycles. The largest absolute Gasteiger partial charge is 0.264 e. The molecular weight excluding hydrogens is 606 g/mol. The van der Waals surface area contributed by atoms with Crippen LogP contribution in [-0.2, 0) is 5.16 Å². The summed E-state index contributed by atoms with van der Waals surface area (Å²) in [4.78, 5) is 9.36. The van der Waals surface area contributed by atoms with E-state index in [2.05, 4.69) is 143 Å². The van der Waals surface area contributed by atoms with Crippen LogP contribution >= 0.6 is 17.2 Å². The van der Waals surface area contributed by atoms with E-state index < -0.39 is 5.16 Å². The molecule has 4 bridgehead atoms. The van der Waals surface area contributed by atoms with E-state index in [4.69, 9.17) is 0 Å². The van der Waals surface area contributed by atoms with Crippen LogP contribution in [0.2, 0.25) is 0 Å². The number of aromatic nitrogens is 2. The molecule has 4 saturated carbocycles. The smallest absolute Gasteiger partial charge is 0.0591 e. The molecule has 2 heterocycles. The molecule has 3 unspecified atom stereocenters.